The Morgan fingerprint density at radius 3 is 2.62 bits per heavy atom. The van der Waals surface area contributed by atoms with Crippen LogP contribution in [-0.2, 0) is 0 Å². The van der Waals surface area contributed by atoms with Crippen molar-refractivity contribution >= 4 is 23.0 Å². The maximum absolute atomic E-state index is 14.4. The van der Waals surface area contributed by atoms with Crippen LogP contribution >= 0.6 is 0 Å². The Bertz CT molecular complexity index is 1100. The molecule has 0 amide bonds. The van der Waals surface area contributed by atoms with E-state index in [1.165, 1.54) is 18.2 Å². The molecular formula is C20H19F2N7. The van der Waals surface area contributed by atoms with Gasteiger partial charge in [-0.2, -0.15) is 5.10 Å². The van der Waals surface area contributed by atoms with Gasteiger partial charge in [0, 0.05) is 31.7 Å². The Balaban J connectivity index is 1.66. The number of H-pyrrole nitrogens is 1. The smallest absolute Gasteiger partial charge is 0.144 e. The maximum Gasteiger partial charge on any atom is 0.144 e. The summed E-state index contributed by atoms with van der Waals surface area (Å²) in [6.45, 7) is 5.32. The molecule has 3 N–H and O–H groups in total. The van der Waals surface area contributed by atoms with Crippen LogP contribution in [-0.4, -0.2) is 47.2 Å². The predicted octanol–water partition coefficient (Wildman–Crippen LogP) is 2.97. The lowest BCUT2D eigenvalue weighted by Crippen LogP contribution is -2.43. The van der Waals surface area contributed by atoms with Crippen LogP contribution in [0.3, 0.4) is 0 Å². The third-order valence-corrected chi connectivity index (χ3v) is 5.18. The number of hydrogen-bond donors (Lipinski definition) is 3. The zero-order valence-electron chi connectivity index (χ0n) is 15.8. The molecule has 3 aromatic rings. The number of rotatable bonds is 2. The third kappa shape index (κ3) is 3.03. The van der Waals surface area contributed by atoms with E-state index in [1.54, 1.807) is 6.20 Å². The molecule has 4 heterocycles. The van der Waals surface area contributed by atoms with Crippen molar-refractivity contribution in [1.29, 1.82) is 0 Å². The number of benzene rings is 1. The molecular weight excluding hydrogens is 376 g/mol. The topological polar surface area (TPSA) is 81.2 Å². The Hall–Kier alpha value is -3.33. The first-order valence-electron chi connectivity index (χ1n) is 9.43. The Kier molecular flexibility index (Phi) is 4.24. The molecule has 0 radical (unpaired) electrons. The highest BCUT2D eigenvalue weighted by Crippen LogP contribution is 2.40. The minimum absolute atomic E-state index is 0.0850. The van der Waals surface area contributed by atoms with Crippen molar-refractivity contribution in [2.24, 2.45) is 4.99 Å². The standard InChI is InChI=1S/C20H19F2N7/c1-11-18-19(28-27-11)12-9-16(29-7-5-23-6-8-29)24-10-15(12)25-20(26-18)17-13(21)3-2-4-14(17)22/h2-4,9-10,23H,5-8H2,1H3,(H,25,26)(H,27,28). The SMILES string of the molecule is Cc1[nH]nc2c1N=C(c1c(F)cccc1F)Nc1cnc(N3CCNCC3)cc1-2. The number of nitrogens with one attached hydrogen (secondary N) is 3. The molecule has 0 aliphatic carbocycles. The van der Waals surface area contributed by atoms with Crippen LogP contribution in [0.4, 0.5) is 26.0 Å². The molecule has 1 aromatic carbocycles. The van der Waals surface area contributed by atoms with Gasteiger partial charge >= 0.3 is 0 Å². The average molecular weight is 395 g/mol. The van der Waals surface area contributed by atoms with Crippen LogP contribution in [0.2, 0.25) is 0 Å². The molecule has 0 bridgehead atoms. The number of aryl methyl sites for hydroxylation is 1. The zero-order chi connectivity index (χ0) is 20.0. The first-order chi connectivity index (χ1) is 14.1. The van der Waals surface area contributed by atoms with Crippen molar-refractivity contribution in [2.75, 3.05) is 36.4 Å². The second-order valence-electron chi connectivity index (χ2n) is 7.05. The van der Waals surface area contributed by atoms with E-state index in [2.05, 4.69) is 35.7 Å². The molecule has 2 aliphatic rings. The minimum atomic E-state index is -0.687. The van der Waals surface area contributed by atoms with Crippen LogP contribution in [0.25, 0.3) is 11.3 Å². The molecule has 1 fully saturated rings. The minimum Gasteiger partial charge on any atom is -0.354 e. The lowest BCUT2D eigenvalue weighted by atomic mass is 10.1. The summed E-state index contributed by atoms with van der Waals surface area (Å²) in [6.07, 6.45) is 1.67. The lowest BCUT2D eigenvalue weighted by Gasteiger charge is -2.28. The molecule has 148 valence electrons. The molecule has 9 heteroatoms. The molecule has 1 saturated heterocycles. The number of aliphatic imine (C=N–C) groups is 1. The monoisotopic (exact) mass is 395 g/mol. The van der Waals surface area contributed by atoms with Crippen LogP contribution in [0, 0.1) is 18.6 Å². The number of hydrogen-bond acceptors (Lipinski definition) is 6. The van der Waals surface area contributed by atoms with Crippen LogP contribution in [0.1, 0.15) is 11.3 Å². The zero-order valence-corrected chi connectivity index (χ0v) is 15.8. The molecule has 0 saturated carbocycles. The Morgan fingerprint density at radius 2 is 1.86 bits per heavy atom. The highest BCUT2D eigenvalue weighted by molar-refractivity contribution is 6.13. The van der Waals surface area contributed by atoms with Gasteiger partial charge < -0.3 is 15.5 Å². The van der Waals surface area contributed by atoms with Crippen LogP contribution in [0.15, 0.2) is 35.5 Å². The van der Waals surface area contributed by atoms with Crippen LogP contribution in [0.5, 0.6) is 0 Å². The highest BCUT2D eigenvalue weighted by Gasteiger charge is 2.26. The number of pyridine rings is 1. The van der Waals surface area contributed by atoms with Gasteiger partial charge in [0.1, 0.15) is 34.7 Å². The average Bonchev–Trinajstić information content (AvgIpc) is 3.00. The summed E-state index contributed by atoms with van der Waals surface area (Å²) in [4.78, 5) is 11.3. The summed E-state index contributed by atoms with van der Waals surface area (Å²) < 4.78 is 28.9. The summed E-state index contributed by atoms with van der Waals surface area (Å²) in [5.41, 5.74) is 3.04. The van der Waals surface area contributed by atoms with Gasteiger partial charge in [0.05, 0.1) is 23.1 Å². The van der Waals surface area contributed by atoms with Crippen molar-refractivity contribution in [3.63, 3.8) is 0 Å². The number of anilines is 2. The predicted molar refractivity (Wildman–Crippen MR) is 108 cm³/mol. The fourth-order valence-corrected chi connectivity index (χ4v) is 3.66. The van der Waals surface area contributed by atoms with Gasteiger partial charge in [-0.3, -0.25) is 5.10 Å². The molecule has 0 atom stereocenters. The molecule has 5 rings (SSSR count). The summed E-state index contributed by atoms with van der Waals surface area (Å²) in [5, 5.41) is 13.7. The Labute approximate surface area is 165 Å². The molecule has 0 spiro atoms. The Morgan fingerprint density at radius 1 is 1.10 bits per heavy atom. The number of aromatic amines is 1. The van der Waals surface area contributed by atoms with Crippen molar-refractivity contribution < 1.29 is 8.78 Å². The molecule has 2 aromatic heterocycles. The van der Waals surface area contributed by atoms with Crippen molar-refractivity contribution in [2.45, 2.75) is 6.92 Å². The van der Waals surface area contributed by atoms with Gasteiger partial charge in [-0.25, -0.2) is 18.8 Å². The molecule has 29 heavy (non-hydrogen) atoms. The van der Waals surface area contributed by atoms with Gasteiger partial charge in [0.2, 0.25) is 0 Å². The van der Waals surface area contributed by atoms with Crippen molar-refractivity contribution in [1.82, 2.24) is 20.5 Å². The summed E-state index contributed by atoms with van der Waals surface area (Å²) in [5.74, 6) is -0.457. The summed E-state index contributed by atoms with van der Waals surface area (Å²) in [6, 6.07) is 5.70. The normalized spacial score (nSPS) is 15.8. The molecule has 7 nitrogen and oxygen atoms in total. The first-order valence-corrected chi connectivity index (χ1v) is 9.43. The fourth-order valence-electron chi connectivity index (χ4n) is 3.66. The quantitative estimate of drug-likeness (QED) is 0.622. The van der Waals surface area contributed by atoms with E-state index in [0.717, 1.165) is 37.6 Å². The van der Waals surface area contributed by atoms with E-state index in [1.807, 2.05) is 13.0 Å². The summed E-state index contributed by atoms with van der Waals surface area (Å²) in [7, 11) is 0. The van der Waals surface area contributed by atoms with E-state index in [9.17, 15) is 8.78 Å². The van der Waals surface area contributed by atoms with E-state index in [0.29, 0.717) is 22.8 Å². The van der Waals surface area contributed by atoms with Crippen molar-refractivity contribution in [3.05, 3.63) is 53.4 Å². The van der Waals surface area contributed by atoms with Gasteiger partial charge in [-0.1, -0.05) is 6.07 Å². The lowest BCUT2D eigenvalue weighted by molar-refractivity contribution is 0.579. The highest BCUT2D eigenvalue weighted by atomic mass is 19.1. The third-order valence-electron chi connectivity index (χ3n) is 5.18. The van der Waals surface area contributed by atoms with E-state index >= 15 is 0 Å². The number of aromatic nitrogens is 3. The first kappa shape index (κ1) is 17.7. The van der Waals surface area contributed by atoms with E-state index in [4.69, 9.17) is 0 Å². The van der Waals surface area contributed by atoms with Gasteiger partial charge in [0.25, 0.3) is 0 Å². The molecule has 0 unspecified atom stereocenters. The van der Waals surface area contributed by atoms with Gasteiger partial charge in [-0.15, -0.1) is 0 Å². The van der Waals surface area contributed by atoms with Gasteiger partial charge in [-0.05, 0) is 25.1 Å². The number of nitrogens with zero attached hydrogens (tertiary/aromatic N) is 4. The number of amidine groups is 1. The second kappa shape index (κ2) is 6.93. The largest absolute Gasteiger partial charge is 0.354 e. The number of piperazine rings is 1. The second-order valence-corrected chi connectivity index (χ2v) is 7.05. The van der Waals surface area contributed by atoms with E-state index < -0.39 is 11.6 Å². The number of fused-ring (bicyclic) bond motifs is 3. The molecule has 2 aliphatic heterocycles. The fraction of sp³-hybridized carbons (Fsp3) is 0.250. The van der Waals surface area contributed by atoms with Crippen molar-refractivity contribution in [3.8, 4) is 11.3 Å². The number of halogens is 2. The summed E-state index contributed by atoms with van der Waals surface area (Å²) >= 11 is 0. The van der Waals surface area contributed by atoms with E-state index in [-0.39, 0.29) is 11.4 Å². The van der Waals surface area contributed by atoms with Gasteiger partial charge in [0.15, 0.2) is 0 Å². The maximum atomic E-state index is 14.4. The van der Waals surface area contributed by atoms with Crippen LogP contribution < -0.4 is 15.5 Å².